The monoisotopic (exact) mass is 155 g/mol. The van der Waals surface area contributed by atoms with Crippen molar-refractivity contribution in [1.82, 2.24) is 0 Å². The lowest BCUT2D eigenvalue weighted by molar-refractivity contribution is -0.314. The van der Waals surface area contributed by atoms with Gasteiger partial charge in [0.1, 0.15) is 0 Å². The molecule has 0 aromatic carbocycles. The summed E-state index contributed by atoms with van der Waals surface area (Å²) in [5.74, 6) is -0.914. The van der Waals surface area contributed by atoms with Gasteiger partial charge in [-0.15, -0.1) is 0 Å². The number of carbonyl (C=O) groups is 1. The zero-order valence-electron chi connectivity index (χ0n) is 6.19. The number of aliphatic hydroxyl groups excluding tert-OH is 1. The third kappa shape index (κ3) is 0.948. The van der Waals surface area contributed by atoms with Gasteiger partial charge >= 0.3 is 0 Å². The van der Waals surface area contributed by atoms with Gasteiger partial charge in [-0.05, 0) is 31.1 Å². The van der Waals surface area contributed by atoms with E-state index in [1.807, 2.05) is 0 Å². The van der Waals surface area contributed by atoms with E-state index in [0.717, 1.165) is 19.3 Å². The van der Waals surface area contributed by atoms with Crippen LogP contribution in [0.15, 0.2) is 0 Å². The van der Waals surface area contributed by atoms with E-state index in [4.69, 9.17) is 0 Å². The van der Waals surface area contributed by atoms with E-state index >= 15 is 0 Å². The summed E-state index contributed by atoms with van der Waals surface area (Å²) < 4.78 is 0. The average molecular weight is 155 g/mol. The van der Waals surface area contributed by atoms with Crippen molar-refractivity contribution in [2.24, 2.45) is 17.8 Å². The van der Waals surface area contributed by atoms with Crippen LogP contribution in [0.2, 0.25) is 0 Å². The molecule has 2 saturated carbocycles. The van der Waals surface area contributed by atoms with E-state index in [9.17, 15) is 15.0 Å². The molecule has 2 rings (SSSR count). The Morgan fingerprint density at radius 2 is 2.09 bits per heavy atom. The summed E-state index contributed by atoms with van der Waals surface area (Å²) in [4.78, 5) is 10.5. The maximum atomic E-state index is 10.5. The maximum Gasteiger partial charge on any atom is 0.0577 e. The summed E-state index contributed by atoms with van der Waals surface area (Å²) in [5.41, 5.74) is 0. The number of carboxylic acid groups (broad SMARTS) is 1. The number of aliphatic hydroxyl groups is 1. The van der Waals surface area contributed by atoms with Gasteiger partial charge in [-0.25, -0.2) is 0 Å². The summed E-state index contributed by atoms with van der Waals surface area (Å²) in [6.45, 7) is 0. The van der Waals surface area contributed by atoms with Crippen molar-refractivity contribution in [3.63, 3.8) is 0 Å². The molecule has 2 bridgehead atoms. The minimum atomic E-state index is -0.976. The van der Waals surface area contributed by atoms with Crippen molar-refractivity contribution >= 4 is 5.97 Å². The number of hydrogen-bond acceptors (Lipinski definition) is 3. The average Bonchev–Trinajstić information content (AvgIpc) is 2.43. The van der Waals surface area contributed by atoms with Crippen LogP contribution in [0.5, 0.6) is 0 Å². The summed E-state index contributed by atoms with van der Waals surface area (Å²) >= 11 is 0. The van der Waals surface area contributed by atoms with Gasteiger partial charge in [0.05, 0.1) is 6.10 Å². The lowest BCUT2D eigenvalue weighted by atomic mass is 9.87. The van der Waals surface area contributed by atoms with Crippen LogP contribution in [-0.2, 0) is 4.79 Å². The second kappa shape index (κ2) is 2.21. The van der Waals surface area contributed by atoms with Crippen LogP contribution in [-0.4, -0.2) is 17.2 Å². The minimum absolute atomic E-state index is 0.00926. The Morgan fingerprint density at radius 1 is 1.36 bits per heavy atom. The number of carbonyl (C=O) groups excluding carboxylic acids is 1. The van der Waals surface area contributed by atoms with Gasteiger partial charge in [0.2, 0.25) is 0 Å². The zero-order chi connectivity index (χ0) is 8.01. The molecule has 1 N–H and O–H groups in total. The Morgan fingerprint density at radius 3 is 2.45 bits per heavy atom. The molecule has 2 aliphatic carbocycles. The molecule has 2 aliphatic rings. The second-order valence-corrected chi connectivity index (χ2v) is 3.73. The van der Waals surface area contributed by atoms with Crippen LogP contribution in [0.25, 0.3) is 0 Å². The molecule has 11 heavy (non-hydrogen) atoms. The number of rotatable bonds is 1. The third-order valence-corrected chi connectivity index (χ3v) is 3.08. The summed E-state index contributed by atoms with van der Waals surface area (Å²) in [6.07, 6.45) is 2.04. The molecule has 4 atom stereocenters. The molecule has 0 radical (unpaired) electrons. The molecule has 3 nitrogen and oxygen atoms in total. The highest BCUT2D eigenvalue weighted by Crippen LogP contribution is 2.48. The minimum Gasteiger partial charge on any atom is -0.550 e. The molecule has 2 fully saturated rings. The molecular weight excluding hydrogens is 144 g/mol. The predicted molar refractivity (Wildman–Crippen MR) is 35.3 cm³/mol. The van der Waals surface area contributed by atoms with Crippen molar-refractivity contribution < 1.29 is 15.0 Å². The van der Waals surface area contributed by atoms with Crippen LogP contribution in [0.3, 0.4) is 0 Å². The Balaban J connectivity index is 2.12. The van der Waals surface area contributed by atoms with Crippen molar-refractivity contribution in [3.8, 4) is 0 Å². The van der Waals surface area contributed by atoms with Crippen molar-refractivity contribution in [2.45, 2.75) is 25.4 Å². The molecule has 0 amide bonds. The van der Waals surface area contributed by atoms with Crippen molar-refractivity contribution in [2.75, 3.05) is 0 Å². The lowest BCUT2D eigenvalue weighted by Gasteiger charge is -2.26. The van der Waals surface area contributed by atoms with Gasteiger partial charge < -0.3 is 15.0 Å². The highest BCUT2D eigenvalue weighted by atomic mass is 16.4. The largest absolute Gasteiger partial charge is 0.550 e. The number of fused-ring (bicyclic) bond motifs is 2. The molecule has 0 aromatic heterocycles. The molecule has 0 aromatic rings. The number of carboxylic acids is 1. The summed E-state index contributed by atoms with van der Waals surface area (Å²) in [6, 6.07) is 0. The zero-order valence-corrected chi connectivity index (χ0v) is 6.19. The molecule has 0 unspecified atom stereocenters. The van der Waals surface area contributed by atoms with Gasteiger partial charge in [0, 0.05) is 11.9 Å². The van der Waals surface area contributed by atoms with Gasteiger partial charge in [0.25, 0.3) is 0 Å². The summed E-state index contributed by atoms with van der Waals surface area (Å²) in [5, 5.41) is 19.9. The van der Waals surface area contributed by atoms with Crippen LogP contribution >= 0.6 is 0 Å². The first kappa shape index (κ1) is 7.10. The second-order valence-electron chi connectivity index (χ2n) is 3.73. The Labute approximate surface area is 65.0 Å². The molecule has 0 spiro atoms. The van der Waals surface area contributed by atoms with Gasteiger partial charge in [-0.3, -0.25) is 0 Å². The van der Waals surface area contributed by atoms with Gasteiger partial charge in [-0.2, -0.15) is 0 Å². The quantitative estimate of drug-likeness (QED) is 0.536. The third-order valence-electron chi connectivity index (χ3n) is 3.08. The van der Waals surface area contributed by atoms with Gasteiger partial charge in [-0.1, -0.05) is 0 Å². The van der Waals surface area contributed by atoms with Crippen LogP contribution in [0, 0.1) is 17.8 Å². The van der Waals surface area contributed by atoms with Crippen LogP contribution in [0.4, 0.5) is 0 Å². The fourth-order valence-electron chi connectivity index (χ4n) is 2.58. The van der Waals surface area contributed by atoms with E-state index in [-0.39, 0.29) is 17.9 Å². The molecule has 0 heterocycles. The van der Waals surface area contributed by atoms with E-state index in [1.54, 1.807) is 0 Å². The molecule has 0 aliphatic heterocycles. The molecule has 3 heteroatoms. The topological polar surface area (TPSA) is 60.4 Å². The molecule has 62 valence electrons. The number of hydrogen-bond donors (Lipinski definition) is 1. The van der Waals surface area contributed by atoms with E-state index < -0.39 is 5.97 Å². The summed E-state index contributed by atoms with van der Waals surface area (Å²) in [7, 11) is 0. The van der Waals surface area contributed by atoms with Crippen LogP contribution < -0.4 is 5.11 Å². The predicted octanol–water partition coefficient (Wildman–Crippen LogP) is -0.857. The fraction of sp³-hybridized carbons (Fsp3) is 0.875. The van der Waals surface area contributed by atoms with Crippen LogP contribution in [0.1, 0.15) is 19.3 Å². The first-order valence-corrected chi connectivity index (χ1v) is 4.07. The van der Waals surface area contributed by atoms with E-state index in [0.29, 0.717) is 5.92 Å². The smallest absolute Gasteiger partial charge is 0.0577 e. The van der Waals surface area contributed by atoms with E-state index in [2.05, 4.69) is 0 Å². The standard InChI is InChI=1S/C8H12O3/c9-7-3-4-1-5(7)6(2-4)8(10)11/h4-7,9H,1-3H2,(H,10,11)/p-1/t4-,5+,6-,7-/m1/s1. The van der Waals surface area contributed by atoms with Crippen molar-refractivity contribution in [3.05, 3.63) is 0 Å². The molecule has 0 saturated heterocycles. The number of aliphatic carboxylic acids is 1. The van der Waals surface area contributed by atoms with E-state index in [1.165, 1.54) is 0 Å². The first-order chi connectivity index (χ1) is 5.18. The first-order valence-electron chi connectivity index (χ1n) is 4.07. The highest BCUT2D eigenvalue weighted by Gasteiger charge is 2.45. The Kier molecular flexibility index (Phi) is 1.42. The lowest BCUT2D eigenvalue weighted by Crippen LogP contribution is -2.38. The van der Waals surface area contributed by atoms with Crippen molar-refractivity contribution in [1.29, 1.82) is 0 Å². The Hall–Kier alpha value is -0.570. The SMILES string of the molecule is O=C([O-])[C@@H]1C[C@H]2C[C@@H]1[C@H](O)C2. The van der Waals surface area contributed by atoms with Gasteiger partial charge in [0.15, 0.2) is 0 Å². The highest BCUT2D eigenvalue weighted by molar-refractivity contribution is 5.68. The fourth-order valence-corrected chi connectivity index (χ4v) is 2.58. The maximum absolute atomic E-state index is 10.5. The molecular formula is C8H11O3-. The normalized spacial score (nSPS) is 48.1. The Bertz CT molecular complexity index is 190.